The highest BCUT2D eigenvalue weighted by Gasteiger charge is 2.21. The van der Waals surface area contributed by atoms with Crippen molar-refractivity contribution in [3.8, 4) is 0 Å². The maximum atomic E-state index is 11.6. The van der Waals surface area contributed by atoms with Gasteiger partial charge in [-0.25, -0.2) is 4.79 Å². The highest BCUT2D eigenvalue weighted by atomic mass is 32.1. The highest BCUT2D eigenvalue weighted by molar-refractivity contribution is 7.09. The van der Waals surface area contributed by atoms with Gasteiger partial charge in [-0.2, -0.15) is 0 Å². The highest BCUT2D eigenvalue weighted by Crippen LogP contribution is 2.09. The van der Waals surface area contributed by atoms with Crippen LogP contribution in [0.4, 0.5) is 4.79 Å². The largest absolute Gasteiger partial charge is 0.444 e. The molecule has 0 radical (unpaired) electrons. The molecule has 0 spiro atoms. The number of carbonyl (C=O) groups is 1. The molecule has 0 aliphatic rings. The van der Waals surface area contributed by atoms with E-state index in [1.165, 1.54) is 4.88 Å². The zero-order valence-electron chi connectivity index (χ0n) is 12.2. The van der Waals surface area contributed by atoms with Gasteiger partial charge in [-0.1, -0.05) is 0 Å². The van der Waals surface area contributed by atoms with Crippen molar-refractivity contribution in [2.75, 3.05) is 6.54 Å². The van der Waals surface area contributed by atoms with Crippen LogP contribution < -0.4 is 10.6 Å². The SMILES string of the molecule is CC(C)(CNC(=O)OC(C)(C)C)NCc1cncs1. The number of ether oxygens (including phenoxy) is 1. The Morgan fingerprint density at radius 3 is 2.58 bits per heavy atom. The average Bonchev–Trinajstić information content (AvgIpc) is 2.74. The van der Waals surface area contributed by atoms with Crippen LogP contribution in [0.3, 0.4) is 0 Å². The topological polar surface area (TPSA) is 63.2 Å². The van der Waals surface area contributed by atoms with Crippen LogP contribution in [0.2, 0.25) is 0 Å². The summed E-state index contributed by atoms with van der Waals surface area (Å²) in [7, 11) is 0. The summed E-state index contributed by atoms with van der Waals surface area (Å²) in [6, 6.07) is 0. The van der Waals surface area contributed by atoms with E-state index in [0.29, 0.717) is 6.54 Å². The fourth-order valence-corrected chi connectivity index (χ4v) is 1.86. The van der Waals surface area contributed by atoms with Gasteiger partial charge in [-0.15, -0.1) is 11.3 Å². The molecule has 0 aromatic carbocycles. The summed E-state index contributed by atoms with van der Waals surface area (Å²) in [6.07, 6.45) is 1.45. The fourth-order valence-electron chi connectivity index (χ4n) is 1.33. The van der Waals surface area contributed by atoms with Crippen LogP contribution in [-0.2, 0) is 11.3 Å². The van der Waals surface area contributed by atoms with Gasteiger partial charge < -0.3 is 15.4 Å². The van der Waals surface area contributed by atoms with Gasteiger partial charge in [-0.05, 0) is 34.6 Å². The van der Waals surface area contributed by atoms with Crippen LogP contribution in [0.5, 0.6) is 0 Å². The molecule has 108 valence electrons. The zero-order chi connectivity index (χ0) is 14.5. The van der Waals surface area contributed by atoms with Crippen molar-refractivity contribution in [2.45, 2.75) is 52.3 Å². The van der Waals surface area contributed by atoms with Gasteiger partial charge in [-0.3, -0.25) is 4.98 Å². The monoisotopic (exact) mass is 285 g/mol. The molecule has 0 aliphatic heterocycles. The summed E-state index contributed by atoms with van der Waals surface area (Å²) in [5, 5.41) is 6.15. The number of nitrogens with zero attached hydrogens (tertiary/aromatic N) is 1. The zero-order valence-corrected chi connectivity index (χ0v) is 13.1. The van der Waals surface area contributed by atoms with E-state index < -0.39 is 5.60 Å². The van der Waals surface area contributed by atoms with Crippen LogP contribution in [0.1, 0.15) is 39.5 Å². The van der Waals surface area contributed by atoms with Crippen LogP contribution in [0.25, 0.3) is 0 Å². The van der Waals surface area contributed by atoms with Crippen molar-refractivity contribution in [2.24, 2.45) is 0 Å². The van der Waals surface area contributed by atoms with E-state index in [-0.39, 0.29) is 11.6 Å². The minimum atomic E-state index is -0.468. The van der Waals surface area contributed by atoms with Crippen molar-refractivity contribution in [1.29, 1.82) is 0 Å². The number of thiazole rings is 1. The molecule has 0 bridgehead atoms. The van der Waals surface area contributed by atoms with E-state index in [9.17, 15) is 4.79 Å². The number of rotatable bonds is 5. The number of nitrogens with one attached hydrogen (secondary N) is 2. The van der Waals surface area contributed by atoms with Gasteiger partial charge in [0.2, 0.25) is 0 Å². The third kappa shape index (κ3) is 7.12. The summed E-state index contributed by atoms with van der Waals surface area (Å²) < 4.78 is 5.20. The average molecular weight is 285 g/mol. The second-order valence-corrected chi connectivity index (χ2v) is 7.03. The van der Waals surface area contributed by atoms with Gasteiger partial charge in [0, 0.05) is 29.7 Å². The Labute approximate surface area is 118 Å². The van der Waals surface area contributed by atoms with Gasteiger partial charge in [0.1, 0.15) is 5.60 Å². The maximum absolute atomic E-state index is 11.6. The Morgan fingerprint density at radius 1 is 1.37 bits per heavy atom. The summed E-state index contributed by atoms with van der Waals surface area (Å²) in [5.41, 5.74) is 1.13. The number of amides is 1. The quantitative estimate of drug-likeness (QED) is 0.872. The minimum Gasteiger partial charge on any atom is -0.444 e. The second-order valence-electron chi connectivity index (χ2n) is 6.06. The molecule has 5 nitrogen and oxygen atoms in total. The number of hydrogen-bond donors (Lipinski definition) is 2. The number of aromatic nitrogens is 1. The van der Waals surface area contributed by atoms with E-state index >= 15 is 0 Å². The number of carbonyl (C=O) groups excluding carboxylic acids is 1. The molecule has 1 rings (SSSR count). The predicted molar refractivity (Wildman–Crippen MR) is 77.3 cm³/mol. The van der Waals surface area contributed by atoms with Gasteiger partial charge >= 0.3 is 6.09 Å². The Balaban J connectivity index is 2.32. The van der Waals surface area contributed by atoms with Crippen LogP contribution in [0, 0.1) is 0 Å². The van der Waals surface area contributed by atoms with Crippen LogP contribution in [-0.4, -0.2) is 28.8 Å². The van der Waals surface area contributed by atoms with E-state index in [1.807, 2.05) is 46.3 Å². The van der Waals surface area contributed by atoms with Crippen molar-refractivity contribution in [1.82, 2.24) is 15.6 Å². The molecule has 0 saturated heterocycles. The van der Waals surface area contributed by atoms with Gasteiger partial charge in [0.05, 0.1) is 5.51 Å². The molecule has 0 saturated carbocycles. The summed E-state index contributed by atoms with van der Waals surface area (Å²) in [5.74, 6) is 0. The first-order valence-corrected chi connectivity index (χ1v) is 7.15. The first-order valence-electron chi connectivity index (χ1n) is 6.27. The summed E-state index contributed by atoms with van der Waals surface area (Å²) in [4.78, 5) is 16.8. The third-order valence-electron chi connectivity index (χ3n) is 2.30. The molecular weight excluding hydrogens is 262 g/mol. The molecule has 0 aliphatic carbocycles. The molecule has 0 fully saturated rings. The Kier molecular flexibility index (Phi) is 5.31. The molecule has 19 heavy (non-hydrogen) atoms. The lowest BCUT2D eigenvalue weighted by Crippen LogP contribution is -2.49. The first kappa shape index (κ1) is 15.9. The molecule has 6 heteroatoms. The van der Waals surface area contributed by atoms with Gasteiger partial charge in [0.25, 0.3) is 0 Å². The lowest BCUT2D eigenvalue weighted by Gasteiger charge is -2.27. The minimum absolute atomic E-state index is 0.207. The molecule has 0 unspecified atom stereocenters. The van der Waals surface area contributed by atoms with E-state index in [0.717, 1.165) is 6.54 Å². The molecule has 2 N–H and O–H groups in total. The lowest BCUT2D eigenvalue weighted by molar-refractivity contribution is 0.0513. The smallest absolute Gasteiger partial charge is 0.407 e. The van der Waals surface area contributed by atoms with E-state index in [4.69, 9.17) is 4.74 Å². The van der Waals surface area contributed by atoms with E-state index in [2.05, 4.69) is 15.6 Å². The normalized spacial score (nSPS) is 12.3. The fraction of sp³-hybridized carbons (Fsp3) is 0.692. The van der Waals surface area contributed by atoms with Crippen molar-refractivity contribution >= 4 is 17.4 Å². The number of hydrogen-bond acceptors (Lipinski definition) is 5. The van der Waals surface area contributed by atoms with Crippen LogP contribution >= 0.6 is 11.3 Å². The summed E-state index contributed by atoms with van der Waals surface area (Å²) in [6.45, 7) is 10.9. The second kappa shape index (κ2) is 6.34. The molecule has 1 aromatic rings. The molecule has 0 atom stereocenters. The molecule has 1 heterocycles. The predicted octanol–water partition coefficient (Wildman–Crippen LogP) is 2.54. The Morgan fingerprint density at radius 2 is 2.05 bits per heavy atom. The maximum Gasteiger partial charge on any atom is 0.407 e. The van der Waals surface area contributed by atoms with E-state index in [1.54, 1.807) is 11.3 Å². The number of alkyl carbamates (subject to hydrolysis) is 1. The standard InChI is InChI=1S/C13H23N3O2S/c1-12(2,3)18-11(17)15-8-13(4,5)16-7-10-6-14-9-19-10/h6,9,16H,7-8H2,1-5H3,(H,15,17). The Hall–Kier alpha value is -1.14. The first-order chi connectivity index (χ1) is 8.68. The molecule has 1 aromatic heterocycles. The molecule has 1 amide bonds. The molecular formula is C13H23N3O2S. The van der Waals surface area contributed by atoms with Crippen LogP contribution in [0.15, 0.2) is 11.7 Å². The Bertz CT molecular complexity index is 397. The lowest BCUT2D eigenvalue weighted by atomic mass is 10.1. The summed E-state index contributed by atoms with van der Waals surface area (Å²) >= 11 is 1.61. The van der Waals surface area contributed by atoms with Crippen molar-refractivity contribution in [3.05, 3.63) is 16.6 Å². The van der Waals surface area contributed by atoms with Crippen molar-refractivity contribution in [3.63, 3.8) is 0 Å². The third-order valence-corrected chi connectivity index (χ3v) is 3.08. The van der Waals surface area contributed by atoms with Crippen molar-refractivity contribution < 1.29 is 9.53 Å². The van der Waals surface area contributed by atoms with Gasteiger partial charge in [0.15, 0.2) is 0 Å².